The third-order valence-electron chi connectivity index (χ3n) is 4.40. The number of rotatable bonds is 5. The molecule has 1 heterocycles. The van der Waals surface area contributed by atoms with Crippen molar-refractivity contribution in [2.24, 2.45) is 5.92 Å². The number of hydrogen-bond acceptors (Lipinski definition) is 4. The van der Waals surface area contributed by atoms with Gasteiger partial charge in [-0.1, -0.05) is 6.07 Å². The molecule has 1 aliphatic heterocycles. The molecule has 1 aromatic rings. The molecule has 0 bridgehead atoms. The van der Waals surface area contributed by atoms with Crippen LogP contribution in [0.15, 0.2) is 24.3 Å². The van der Waals surface area contributed by atoms with Crippen LogP contribution in [0.5, 0.6) is 5.75 Å². The molecular weight excluding hydrogens is 346 g/mol. The number of likely N-dealkylation sites (tertiary alicyclic amines) is 1. The molecule has 1 aliphatic rings. The number of aliphatic carboxylic acids is 1. The molecule has 148 valence electrons. The van der Waals surface area contributed by atoms with Crippen molar-refractivity contribution in [3.8, 4) is 5.75 Å². The van der Waals surface area contributed by atoms with Crippen LogP contribution < -0.4 is 4.74 Å². The maximum Gasteiger partial charge on any atom is 0.410 e. The van der Waals surface area contributed by atoms with E-state index in [2.05, 4.69) is 0 Å². The van der Waals surface area contributed by atoms with Gasteiger partial charge in [-0.3, -0.25) is 0 Å². The van der Waals surface area contributed by atoms with Crippen LogP contribution in [-0.4, -0.2) is 47.4 Å². The van der Waals surface area contributed by atoms with Gasteiger partial charge in [0.1, 0.15) is 11.4 Å². The molecule has 1 fully saturated rings. The SMILES string of the molecule is Cc1cc(OCC2CCN(C(=O)OC(C)(C)C)CC2)ccc1/C=C/C(=O)O. The first kappa shape index (κ1) is 20.8. The summed E-state index contributed by atoms with van der Waals surface area (Å²) in [7, 11) is 0. The van der Waals surface area contributed by atoms with Crippen molar-refractivity contribution < 1.29 is 24.2 Å². The maximum atomic E-state index is 12.1. The van der Waals surface area contributed by atoms with Crippen molar-refractivity contribution in [1.29, 1.82) is 0 Å². The summed E-state index contributed by atoms with van der Waals surface area (Å²) in [5, 5.41) is 8.71. The van der Waals surface area contributed by atoms with Crippen molar-refractivity contribution in [3.05, 3.63) is 35.4 Å². The van der Waals surface area contributed by atoms with Gasteiger partial charge in [-0.25, -0.2) is 9.59 Å². The van der Waals surface area contributed by atoms with Crippen LogP contribution in [0.2, 0.25) is 0 Å². The summed E-state index contributed by atoms with van der Waals surface area (Å²) in [4.78, 5) is 24.5. The summed E-state index contributed by atoms with van der Waals surface area (Å²) in [6.45, 7) is 9.50. The van der Waals surface area contributed by atoms with Crippen LogP contribution in [0.25, 0.3) is 6.08 Å². The lowest BCUT2D eigenvalue weighted by Crippen LogP contribution is -2.42. The smallest absolute Gasteiger partial charge is 0.410 e. The number of carboxylic acid groups (broad SMARTS) is 1. The summed E-state index contributed by atoms with van der Waals surface area (Å²) in [6, 6.07) is 5.62. The molecule has 1 saturated heterocycles. The minimum absolute atomic E-state index is 0.248. The molecular formula is C21H29NO5. The fourth-order valence-corrected chi connectivity index (χ4v) is 2.91. The molecule has 1 aromatic carbocycles. The Labute approximate surface area is 160 Å². The fourth-order valence-electron chi connectivity index (χ4n) is 2.91. The molecule has 0 saturated carbocycles. The predicted octanol–water partition coefficient (Wildman–Crippen LogP) is 4.12. The van der Waals surface area contributed by atoms with E-state index in [9.17, 15) is 9.59 Å². The average Bonchev–Trinajstić information content (AvgIpc) is 2.58. The van der Waals surface area contributed by atoms with Crippen molar-refractivity contribution in [2.75, 3.05) is 19.7 Å². The lowest BCUT2D eigenvalue weighted by molar-refractivity contribution is -0.131. The van der Waals surface area contributed by atoms with E-state index in [1.807, 2.05) is 45.9 Å². The van der Waals surface area contributed by atoms with Gasteiger partial charge in [0.2, 0.25) is 0 Å². The number of hydrogen-bond donors (Lipinski definition) is 1. The lowest BCUT2D eigenvalue weighted by Gasteiger charge is -2.33. The van der Waals surface area contributed by atoms with Gasteiger partial charge in [0, 0.05) is 19.2 Å². The van der Waals surface area contributed by atoms with E-state index in [0.717, 1.165) is 35.8 Å². The molecule has 6 heteroatoms. The summed E-state index contributed by atoms with van der Waals surface area (Å²) in [5.41, 5.74) is 1.35. The Bertz CT molecular complexity index is 697. The number of carbonyl (C=O) groups excluding carboxylic acids is 1. The van der Waals surface area contributed by atoms with E-state index in [1.165, 1.54) is 0 Å². The highest BCUT2D eigenvalue weighted by atomic mass is 16.6. The lowest BCUT2D eigenvalue weighted by atomic mass is 9.98. The number of piperidine rings is 1. The summed E-state index contributed by atoms with van der Waals surface area (Å²) < 4.78 is 11.3. The van der Waals surface area contributed by atoms with E-state index in [1.54, 1.807) is 11.0 Å². The van der Waals surface area contributed by atoms with Gasteiger partial charge < -0.3 is 19.5 Å². The van der Waals surface area contributed by atoms with Crippen molar-refractivity contribution in [1.82, 2.24) is 4.90 Å². The van der Waals surface area contributed by atoms with Gasteiger partial charge in [-0.2, -0.15) is 0 Å². The monoisotopic (exact) mass is 375 g/mol. The molecule has 0 aromatic heterocycles. The van der Waals surface area contributed by atoms with Crippen molar-refractivity contribution in [3.63, 3.8) is 0 Å². The van der Waals surface area contributed by atoms with Crippen molar-refractivity contribution >= 4 is 18.1 Å². The minimum Gasteiger partial charge on any atom is -0.493 e. The summed E-state index contributed by atoms with van der Waals surface area (Å²) in [5.74, 6) is 0.206. The molecule has 0 unspecified atom stereocenters. The highest BCUT2D eigenvalue weighted by Crippen LogP contribution is 2.23. The van der Waals surface area contributed by atoms with E-state index >= 15 is 0 Å². The Hall–Kier alpha value is -2.50. The molecule has 0 atom stereocenters. The predicted molar refractivity (Wildman–Crippen MR) is 104 cm³/mol. The first-order chi connectivity index (χ1) is 12.6. The van der Waals surface area contributed by atoms with Crippen LogP contribution in [0.1, 0.15) is 44.7 Å². The second-order valence-electron chi connectivity index (χ2n) is 7.91. The summed E-state index contributed by atoms with van der Waals surface area (Å²) >= 11 is 0. The van der Waals surface area contributed by atoms with Gasteiger partial charge in [-0.15, -0.1) is 0 Å². The molecule has 0 radical (unpaired) electrons. The van der Waals surface area contributed by atoms with Crippen molar-refractivity contribution in [2.45, 2.75) is 46.1 Å². The molecule has 6 nitrogen and oxygen atoms in total. The van der Waals surface area contributed by atoms with Gasteiger partial charge in [0.25, 0.3) is 0 Å². The second kappa shape index (κ2) is 8.93. The van der Waals surface area contributed by atoms with E-state index in [0.29, 0.717) is 25.6 Å². The van der Waals surface area contributed by atoms with Gasteiger partial charge in [-0.05, 0) is 75.8 Å². The Morgan fingerprint density at radius 3 is 2.48 bits per heavy atom. The zero-order valence-corrected chi connectivity index (χ0v) is 16.5. The Balaban J connectivity index is 1.80. The normalized spacial score (nSPS) is 15.8. The second-order valence-corrected chi connectivity index (χ2v) is 7.91. The molecule has 27 heavy (non-hydrogen) atoms. The van der Waals surface area contributed by atoms with Crippen LogP contribution in [0, 0.1) is 12.8 Å². The summed E-state index contributed by atoms with van der Waals surface area (Å²) in [6.07, 6.45) is 4.23. The molecule has 1 amide bonds. The van der Waals surface area contributed by atoms with Crippen LogP contribution in [-0.2, 0) is 9.53 Å². The quantitative estimate of drug-likeness (QED) is 0.784. The number of carboxylic acids is 1. The minimum atomic E-state index is -0.965. The third kappa shape index (κ3) is 6.96. The number of benzene rings is 1. The van der Waals surface area contributed by atoms with Crippen LogP contribution >= 0.6 is 0 Å². The van der Waals surface area contributed by atoms with E-state index < -0.39 is 11.6 Å². The highest BCUT2D eigenvalue weighted by molar-refractivity contribution is 5.85. The van der Waals surface area contributed by atoms with Crippen LogP contribution in [0.4, 0.5) is 4.79 Å². The topological polar surface area (TPSA) is 76.1 Å². The number of ether oxygens (including phenoxy) is 2. The maximum absolute atomic E-state index is 12.1. The number of nitrogens with zero attached hydrogens (tertiary/aromatic N) is 1. The molecule has 2 rings (SSSR count). The number of carbonyl (C=O) groups is 2. The van der Waals surface area contributed by atoms with E-state index in [4.69, 9.17) is 14.6 Å². The number of aryl methyl sites for hydroxylation is 1. The van der Waals surface area contributed by atoms with Gasteiger partial charge in [0.05, 0.1) is 6.61 Å². The zero-order valence-electron chi connectivity index (χ0n) is 16.5. The van der Waals surface area contributed by atoms with E-state index in [-0.39, 0.29) is 6.09 Å². The first-order valence-electron chi connectivity index (χ1n) is 9.26. The fraction of sp³-hybridized carbons (Fsp3) is 0.524. The Kier molecular flexibility index (Phi) is 6.88. The molecule has 0 aliphatic carbocycles. The largest absolute Gasteiger partial charge is 0.493 e. The van der Waals surface area contributed by atoms with Crippen LogP contribution in [0.3, 0.4) is 0 Å². The Morgan fingerprint density at radius 1 is 1.26 bits per heavy atom. The number of amides is 1. The van der Waals surface area contributed by atoms with Gasteiger partial charge >= 0.3 is 12.1 Å². The highest BCUT2D eigenvalue weighted by Gasteiger charge is 2.27. The van der Waals surface area contributed by atoms with Gasteiger partial charge in [0.15, 0.2) is 0 Å². The Morgan fingerprint density at radius 2 is 1.93 bits per heavy atom. The average molecular weight is 375 g/mol. The molecule has 0 spiro atoms. The standard InChI is InChI=1S/C21H29NO5/c1-15-13-18(7-5-17(15)6-8-19(23)24)26-14-16-9-11-22(12-10-16)20(25)27-21(2,3)4/h5-8,13,16H,9-12,14H2,1-4H3,(H,23,24)/b8-6+. The molecule has 1 N–H and O–H groups in total. The zero-order chi connectivity index (χ0) is 20.0. The third-order valence-corrected chi connectivity index (χ3v) is 4.40. The first-order valence-corrected chi connectivity index (χ1v) is 9.26.